The number of ether oxygens (including phenoxy) is 4. The van der Waals surface area contributed by atoms with Gasteiger partial charge in [-0.2, -0.15) is 0 Å². The molecule has 1 N–H and O–H groups in total. The first-order chi connectivity index (χ1) is 13.0. The van der Waals surface area contributed by atoms with E-state index >= 15 is 0 Å². The highest BCUT2D eigenvalue weighted by Crippen LogP contribution is 2.40. The van der Waals surface area contributed by atoms with Crippen molar-refractivity contribution in [2.45, 2.75) is 20.0 Å². The van der Waals surface area contributed by atoms with Gasteiger partial charge in [0, 0.05) is 34.3 Å². The Morgan fingerprint density at radius 3 is 2.33 bits per heavy atom. The average Bonchev–Trinajstić information content (AvgIpc) is 3.09. The summed E-state index contributed by atoms with van der Waals surface area (Å²) in [5, 5.41) is 0.821. The molecule has 0 amide bonds. The van der Waals surface area contributed by atoms with Crippen LogP contribution in [-0.2, 0) is 0 Å². The molecular formula is C21H23NO5. The Hall–Kier alpha value is -3.15. The van der Waals surface area contributed by atoms with E-state index in [-0.39, 0.29) is 11.9 Å². The third-order valence-electron chi connectivity index (χ3n) is 4.20. The number of H-pyrrole nitrogens is 1. The zero-order valence-corrected chi connectivity index (χ0v) is 16.1. The molecule has 1 heterocycles. The molecule has 0 saturated carbocycles. The normalized spacial score (nSPS) is 10.9. The smallest absolute Gasteiger partial charge is 0.203 e. The number of aromatic amines is 1. The lowest BCUT2D eigenvalue weighted by molar-refractivity contribution is 0.103. The van der Waals surface area contributed by atoms with E-state index in [0.717, 1.165) is 16.7 Å². The van der Waals surface area contributed by atoms with Gasteiger partial charge in [0.15, 0.2) is 17.3 Å². The summed E-state index contributed by atoms with van der Waals surface area (Å²) in [7, 11) is 4.68. The summed E-state index contributed by atoms with van der Waals surface area (Å²) in [5.74, 6) is 1.96. The monoisotopic (exact) mass is 369 g/mol. The molecule has 2 aromatic carbocycles. The van der Waals surface area contributed by atoms with Crippen molar-refractivity contribution in [2.24, 2.45) is 0 Å². The quantitative estimate of drug-likeness (QED) is 0.632. The van der Waals surface area contributed by atoms with Gasteiger partial charge in [-0.25, -0.2) is 0 Å². The number of aromatic nitrogens is 1. The summed E-state index contributed by atoms with van der Waals surface area (Å²) in [6.45, 7) is 3.82. The lowest BCUT2D eigenvalue weighted by atomic mass is 10.0. The number of carbonyl (C=O) groups is 1. The first-order valence-electron chi connectivity index (χ1n) is 8.61. The van der Waals surface area contributed by atoms with Crippen LogP contribution < -0.4 is 18.9 Å². The summed E-state index contributed by atoms with van der Waals surface area (Å²) < 4.78 is 21.9. The van der Waals surface area contributed by atoms with Crippen LogP contribution in [0.15, 0.2) is 36.5 Å². The fraction of sp³-hybridized carbons (Fsp3) is 0.286. The van der Waals surface area contributed by atoms with Gasteiger partial charge in [-0.3, -0.25) is 4.79 Å². The minimum absolute atomic E-state index is 0.0745. The maximum absolute atomic E-state index is 13.2. The van der Waals surface area contributed by atoms with Gasteiger partial charge in [0.1, 0.15) is 5.75 Å². The van der Waals surface area contributed by atoms with Gasteiger partial charge >= 0.3 is 0 Å². The minimum atomic E-state index is -0.138. The SMILES string of the molecule is COc1ccc2c(C(=O)c3cc(OC)c(OC)c(OC(C)C)c3)c[nH]c2c1. The number of hydrogen-bond donors (Lipinski definition) is 1. The van der Waals surface area contributed by atoms with Crippen LogP contribution in [0.1, 0.15) is 29.8 Å². The molecule has 142 valence electrons. The largest absolute Gasteiger partial charge is 0.497 e. The van der Waals surface area contributed by atoms with E-state index < -0.39 is 0 Å². The minimum Gasteiger partial charge on any atom is -0.497 e. The second-order valence-electron chi connectivity index (χ2n) is 6.32. The molecule has 3 aromatic rings. The molecular weight excluding hydrogens is 346 g/mol. The second kappa shape index (κ2) is 7.61. The van der Waals surface area contributed by atoms with E-state index in [1.165, 1.54) is 7.11 Å². The molecule has 0 unspecified atom stereocenters. The van der Waals surface area contributed by atoms with Crippen molar-refractivity contribution in [3.05, 3.63) is 47.7 Å². The molecule has 0 atom stereocenters. The predicted octanol–water partition coefficient (Wildman–Crippen LogP) is 4.21. The molecule has 1 aromatic heterocycles. The molecule has 6 heteroatoms. The van der Waals surface area contributed by atoms with Gasteiger partial charge in [0.25, 0.3) is 0 Å². The number of rotatable bonds is 7. The maximum Gasteiger partial charge on any atom is 0.203 e. The highest BCUT2D eigenvalue weighted by atomic mass is 16.5. The first-order valence-corrected chi connectivity index (χ1v) is 8.61. The van der Waals surface area contributed by atoms with Gasteiger partial charge in [0.2, 0.25) is 5.75 Å². The molecule has 27 heavy (non-hydrogen) atoms. The molecule has 0 aliphatic heterocycles. The highest BCUT2D eigenvalue weighted by molar-refractivity contribution is 6.16. The summed E-state index contributed by atoms with van der Waals surface area (Å²) in [6, 6.07) is 8.90. The van der Waals surface area contributed by atoms with Crippen LogP contribution >= 0.6 is 0 Å². The third-order valence-corrected chi connectivity index (χ3v) is 4.20. The Morgan fingerprint density at radius 1 is 0.963 bits per heavy atom. The standard InChI is InChI=1S/C21H23NO5/c1-12(2)27-19-9-13(8-18(25-4)21(19)26-5)20(23)16-11-22-17-10-14(24-3)6-7-15(16)17/h6-12,22H,1-5H3. The fourth-order valence-corrected chi connectivity index (χ4v) is 2.98. The predicted molar refractivity (Wildman–Crippen MR) is 104 cm³/mol. The van der Waals surface area contributed by atoms with Crippen LogP contribution in [0.4, 0.5) is 0 Å². The van der Waals surface area contributed by atoms with Crippen molar-refractivity contribution in [1.82, 2.24) is 4.98 Å². The number of benzene rings is 2. The molecule has 0 aliphatic rings. The van der Waals surface area contributed by atoms with Crippen molar-refractivity contribution >= 4 is 16.7 Å². The van der Waals surface area contributed by atoms with Gasteiger partial charge in [-0.05, 0) is 38.1 Å². The van der Waals surface area contributed by atoms with Crippen LogP contribution in [0.5, 0.6) is 23.0 Å². The molecule has 0 bridgehead atoms. The number of carbonyl (C=O) groups excluding carboxylic acids is 1. The lowest BCUT2D eigenvalue weighted by Crippen LogP contribution is -2.09. The second-order valence-corrected chi connectivity index (χ2v) is 6.32. The molecule has 0 fully saturated rings. The number of nitrogens with one attached hydrogen (secondary N) is 1. The lowest BCUT2D eigenvalue weighted by Gasteiger charge is -2.17. The summed E-state index contributed by atoms with van der Waals surface area (Å²) >= 11 is 0. The van der Waals surface area contributed by atoms with Crippen molar-refractivity contribution < 1.29 is 23.7 Å². The van der Waals surface area contributed by atoms with Crippen LogP contribution in [0.25, 0.3) is 10.9 Å². The van der Waals surface area contributed by atoms with E-state index in [1.54, 1.807) is 32.5 Å². The van der Waals surface area contributed by atoms with E-state index in [9.17, 15) is 4.79 Å². The van der Waals surface area contributed by atoms with Gasteiger partial charge < -0.3 is 23.9 Å². The van der Waals surface area contributed by atoms with Crippen LogP contribution in [0.2, 0.25) is 0 Å². The van der Waals surface area contributed by atoms with Crippen molar-refractivity contribution in [3.63, 3.8) is 0 Å². The Morgan fingerprint density at radius 2 is 1.70 bits per heavy atom. The van der Waals surface area contributed by atoms with E-state index in [0.29, 0.717) is 28.4 Å². The number of methoxy groups -OCH3 is 3. The van der Waals surface area contributed by atoms with Gasteiger partial charge in [-0.15, -0.1) is 0 Å². The first kappa shape index (κ1) is 18.6. The molecule has 0 aliphatic carbocycles. The van der Waals surface area contributed by atoms with E-state index in [4.69, 9.17) is 18.9 Å². The maximum atomic E-state index is 13.2. The van der Waals surface area contributed by atoms with E-state index in [1.807, 2.05) is 32.0 Å². The topological polar surface area (TPSA) is 69.8 Å². The van der Waals surface area contributed by atoms with Crippen LogP contribution in [0.3, 0.4) is 0 Å². The number of ketones is 1. The average molecular weight is 369 g/mol. The summed E-state index contributed by atoms with van der Waals surface area (Å²) in [5.41, 5.74) is 1.85. The molecule has 0 saturated heterocycles. The summed E-state index contributed by atoms with van der Waals surface area (Å²) in [4.78, 5) is 16.3. The van der Waals surface area contributed by atoms with Crippen molar-refractivity contribution in [1.29, 1.82) is 0 Å². The van der Waals surface area contributed by atoms with Crippen molar-refractivity contribution in [3.8, 4) is 23.0 Å². The van der Waals surface area contributed by atoms with Gasteiger partial charge in [-0.1, -0.05) is 0 Å². The Balaban J connectivity index is 2.09. The molecule has 0 radical (unpaired) electrons. The Kier molecular flexibility index (Phi) is 5.26. The Bertz CT molecular complexity index is 974. The molecule has 3 rings (SSSR count). The fourth-order valence-electron chi connectivity index (χ4n) is 2.98. The van der Waals surface area contributed by atoms with Crippen molar-refractivity contribution in [2.75, 3.05) is 21.3 Å². The number of hydrogen-bond acceptors (Lipinski definition) is 5. The van der Waals surface area contributed by atoms with Crippen LogP contribution in [0, 0.1) is 0 Å². The van der Waals surface area contributed by atoms with Crippen LogP contribution in [-0.4, -0.2) is 38.2 Å². The molecule has 6 nitrogen and oxygen atoms in total. The van der Waals surface area contributed by atoms with Gasteiger partial charge in [0.05, 0.1) is 27.4 Å². The summed E-state index contributed by atoms with van der Waals surface area (Å²) in [6.07, 6.45) is 1.63. The highest BCUT2D eigenvalue weighted by Gasteiger charge is 2.21. The molecule has 0 spiro atoms. The zero-order valence-electron chi connectivity index (χ0n) is 16.1. The zero-order chi connectivity index (χ0) is 19.6. The number of fused-ring (bicyclic) bond motifs is 1. The Labute approximate surface area is 158 Å². The van der Waals surface area contributed by atoms with E-state index in [2.05, 4.69) is 4.98 Å². The third kappa shape index (κ3) is 3.56.